The van der Waals surface area contributed by atoms with Gasteiger partial charge in [-0.3, -0.25) is 4.79 Å². The Morgan fingerprint density at radius 1 is 1.00 bits per heavy atom. The number of esters is 1. The van der Waals surface area contributed by atoms with Crippen molar-refractivity contribution in [2.45, 2.75) is 96.2 Å². The van der Waals surface area contributed by atoms with E-state index in [1.165, 1.54) is 26.4 Å². The van der Waals surface area contributed by atoms with Crippen LogP contribution >= 0.6 is 0 Å². The van der Waals surface area contributed by atoms with Gasteiger partial charge in [0.2, 0.25) is 0 Å². The lowest BCUT2D eigenvalue weighted by Crippen LogP contribution is -2.27. The van der Waals surface area contributed by atoms with Gasteiger partial charge in [0.1, 0.15) is 0 Å². The first-order valence-corrected chi connectivity index (χ1v) is 9.58. The second kappa shape index (κ2) is 17.0. The maximum atomic E-state index is 11.0. The van der Waals surface area contributed by atoms with E-state index in [1.54, 1.807) is 7.11 Å². The SMILES string of the molecule is CCCCCC(OC)C(O)CC=CCCCCCCCC(=O)OC. The summed E-state index contributed by atoms with van der Waals surface area (Å²) in [6.07, 6.45) is 16.0. The predicted octanol–water partition coefficient (Wildman–Crippen LogP) is 4.79. The number of hydrogen-bond donors (Lipinski definition) is 1. The van der Waals surface area contributed by atoms with Gasteiger partial charge in [-0.1, -0.05) is 57.6 Å². The highest BCUT2D eigenvalue weighted by atomic mass is 16.5. The van der Waals surface area contributed by atoms with Crippen LogP contribution in [0.5, 0.6) is 0 Å². The molecule has 0 aromatic carbocycles. The van der Waals surface area contributed by atoms with Crippen molar-refractivity contribution in [3.63, 3.8) is 0 Å². The molecule has 0 aromatic rings. The van der Waals surface area contributed by atoms with Crippen LogP contribution in [0.25, 0.3) is 0 Å². The Morgan fingerprint density at radius 2 is 1.71 bits per heavy atom. The number of carbonyl (C=O) groups excluding carboxylic acids is 1. The minimum Gasteiger partial charge on any atom is -0.469 e. The number of hydrogen-bond acceptors (Lipinski definition) is 4. The topological polar surface area (TPSA) is 55.8 Å². The average Bonchev–Trinajstić information content (AvgIpc) is 2.59. The fourth-order valence-corrected chi connectivity index (χ4v) is 2.73. The highest BCUT2D eigenvalue weighted by Crippen LogP contribution is 2.13. The lowest BCUT2D eigenvalue weighted by atomic mass is 10.0. The van der Waals surface area contributed by atoms with Crippen LogP contribution in [0.2, 0.25) is 0 Å². The van der Waals surface area contributed by atoms with Crippen LogP contribution in [0.4, 0.5) is 0 Å². The van der Waals surface area contributed by atoms with Crippen molar-refractivity contribution < 1.29 is 19.4 Å². The van der Waals surface area contributed by atoms with Gasteiger partial charge < -0.3 is 14.6 Å². The number of carbonyl (C=O) groups is 1. The summed E-state index contributed by atoms with van der Waals surface area (Å²) in [6.45, 7) is 2.18. The Morgan fingerprint density at radius 3 is 2.38 bits per heavy atom. The summed E-state index contributed by atoms with van der Waals surface area (Å²) in [7, 11) is 3.12. The van der Waals surface area contributed by atoms with Crippen molar-refractivity contribution in [1.29, 1.82) is 0 Å². The molecule has 0 saturated carbocycles. The molecule has 2 unspecified atom stereocenters. The minimum absolute atomic E-state index is 0.0454. The van der Waals surface area contributed by atoms with Crippen LogP contribution in [0, 0.1) is 0 Å². The van der Waals surface area contributed by atoms with E-state index in [0.29, 0.717) is 12.8 Å². The number of unbranched alkanes of at least 4 members (excludes halogenated alkanes) is 7. The standard InChI is InChI=1S/C20H38O4/c1-4-5-12-16-19(23-2)18(21)15-13-10-8-6-7-9-11-14-17-20(22)24-3/h10,13,18-19,21H,4-9,11-12,14-17H2,1-3H3. The Hall–Kier alpha value is -0.870. The molecule has 142 valence electrons. The van der Waals surface area contributed by atoms with E-state index in [2.05, 4.69) is 23.8 Å². The van der Waals surface area contributed by atoms with Gasteiger partial charge in [-0.25, -0.2) is 0 Å². The third-order valence-corrected chi connectivity index (χ3v) is 4.35. The van der Waals surface area contributed by atoms with Gasteiger partial charge in [0.15, 0.2) is 0 Å². The molecule has 0 aliphatic carbocycles. The average molecular weight is 343 g/mol. The maximum Gasteiger partial charge on any atom is 0.305 e. The van der Waals surface area contributed by atoms with Crippen LogP contribution in [0.15, 0.2) is 12.2 Å². The van der Waals surface area contributed by atoms with Gasteiger partial charge >= 0.3 is 5.97 Å². The summed E-state index contributed by atoms with van der Waals surface area (Å²) in [5.41, 5.74) is 0. The molecule has 0 rings (SSSR count). The number of aliphatic hydroxyl groups excluding tert-OH is 1. The molecular formula is C20H38O4. The van der Waals surface area contributed by atoms with E-state index < -0.39 is 6.10 Å². The van der Waals surface area contributed by atoms with Crippen molar-refractivity contribution >= 4 is 5.97 Å². The van der Waals surface area contributed by atoms with E-state index >= 15 is 0 Å². The Bertz CT molecular complexity index is 315. The van der Waals surface area contributed by atoms with Crippen LogP contribution in [0.3, 0.4) is 0 Å². The molecule has 0 heterocycles. The molecule has 0 aromatic heterocycles. The van der Waals surface area contributed by atoms with Crippen LogP contribution in [-0.2, 0) is 14.3 Å². The number of allylic oxidation sites excluding steroid dienone is 1. The summed E-state index contributed by atoms with van der Waals surface area (Å²) in [6, 6.07) is 0. The molecule has 0 amide bonds. The van der Waals surface area contributed by atoms with Crippen LogP contribution in [0.1, 0.15) is 84.0 Å². The van der Waals surface area contributed by atoms with Crippen molar-refractivity contribution in [2.75, 3.05) is 14.2 Å². The second-order valence-electron chi connectivity index (χ2n) is 6.43. The lowest BCUT2D eigenvalue weighted by molar-refractivity contribution is -0.140. The molecule has 24 heavy (non-hydrogen) atoms. The third-order valence-electron chi connectivity index (χ3n) is 4.35. The molecule has 0 saturated heterocycles. The molecule has 0 aliphatic rings. The molecule has 4 heteroatoms. The number of methoxy groups -OCH3 is 2. The van der Waals surface area contributed by atoms with E-state index in [1.807, 2.05) is 0 Å². The van der Waals surface area contributed by atoms with Gasteiger partial charge in [-0.2, -0.15) is 0 Å². The fourth-order valence-electron chi connectivity index (χ4n) is 2.73. The highest BCUT2D eigenvalue weighted by molar-refractivity contribution is 5.68. The first kappa shape index (κ1) is 23.1. The summed E-state index contributed by atoms with van der Waals surface area (Å²) < 4.78 is 10.0. The van der Waals surface area contributed by atoms with Gasteiger partial charge in [-0.05, 0) is 32.1 Å². The number of ether oxygens (including phenoxy) is 2. The molecule has 0 aliphatic heterocycles. The molecule has 0 radical (unpaired) electrons. The van der Waals surface area contributed by atoms with E-state index in [-0.39, 0.29) is 12.1 Å². The summed E-state index contributed by atoms with van der Waals surface area (Å²) in [4.78, 5) is 11.0. The van der Waals surface area contributed by atoms with E-state index in [0.717, 1.165) is 44.9 Å². The summed E-state index contributed by atoms with van der Waals surface area (Å²) in [5, 5.41) is 10.2. The molecule has 0 bridgehead atoms. The smallest absolute Gasteiger partial charge is 0.305 e. The predicted molar refractivity (Wildman–Crippen MR) is 99.0 cm³/mol. The van der Waals surface area contributed by atoms with E-state index in [9.17, 15) is 9.90 Å². The van der Waals surface area contributed by atoms with Crippen LogP contribution in [-0.4, -0.2) is 37.5 Å². The number of aliphatic hydroxyl groups is 1. The zero-order valence-electron chi connectivity index (χ0n) is 16.0. The van der Waals surface area contributed by atoms with Crippen molar-refractivity contribution in [1.82, 2.24) is 0 Å². The monoisotopic (exact) mass is 342 g/mol. The Labute approximate surface area is 148 Å². The molecule has 4 nitrogen and oxygen atoms in total. The summed E-state index contributed by atoms with van der Waals surface area (Å²) in [5.74, 6) is -0.111. The fraction of sp³-hybridized carbons (Fsp3) is 0.850. The van der Waals surface area contributed by atoms with Gasteiger partial charge in [-0.15, -0.1) is 0 Å². The lowest BCUT2D eigenvalue weighted by Gasteiger charge is -2.20. The molecular weight excluding hydrogens is 304 g/mol. The molecule has 0 fully saturated rings. The second-order valence-corrected chi connectivity index (χ2v) is 6.43. The van der Waals surface area contributed by atoms with Gasteiger partial charge in [0.25, 0.3) is 0 Å². The molecule has 0 spiro atoms. The van der Waals surface area contributed by atoms with Crippen molar-refractivity contribution in [2.24, 2.45) is 0 Å². The molecule has 2 atom stereocenters. The zero-order chi connectivity index (χ0) is 18.0. The van der Waals surface area contributed by atoms with E-state index in [4.69, 9.17) is 4.74 Å². The first-order chi connectivity index (χ1) is 11.7. The highest BCUT2D eigenvalue weighted by Gasteiger charge is 2.16. The largest absolute Gasteiger partial charge is 0.469 e. The summed E-state index contributed by atoms with van der Waals surface area (Å²) >= 11 is 0. The van der Waals surface area contributed by atoms with Crippen molar-refractivity contribution in [3.05, 3.63) is 12.2 Å². The quantitative estimate of drug-likeness (QED) is 0.249. The minimum atomic E-state index is -0.401. The number of rotatable bonds is 16. The van der Waals surface area contributed by atoms with Gasteiger partial charge in [0, 0.05) is 13.5 Å². The Balaban J connectivity index is 3.57. The van der Waals surface area contributed by atoms with Crippen LogP contribution < -0.4 is 0 Å². The Kier molecular flexibility index (Phi) is 16.4. The van der Waals surface area contributed by atoms with Gasteiger partial charge in [0.05, 0.1) is 19.3 Å². The first-order valence-electron chi connectivity index (χ1n) is 9.58. The maximum absolute atomic E-state index is 11.0. The molecule has 1 N–H and O–H groups in total. The third kappa shape index (κ3) is 13.6. The normalized spacial score (nSPS) is 14.0. The zero-order valence-corrected chi connectivity index (χ0v) is 16.0. The van der Waals surface area contributed by atoms with Crippen molar-refractivity contribution in [3.8, 4) is 0 Å².